The van der Waals surface area contributed by atoms with E-state index in [4.69, 9.17) is 16.3 Å². The zero-order chi connectivity index (χ0) is 12.3. The number of benzene rings is 1. The summed E-state index contributed by atoms with van der Waals surface area (Å²) in [6.07, 6.45) is 6.43. The fourth-order valence-electron chi connectivity index (χ4n) is 1.76. The first kappa shape index (κ1) is 12.0. The first-order chi connectivity index (χ1) is 8.16. The smallest absolute Gasteiger partial charge is 0.342 e. The highest BCUT2D eigenvalue weighted by molar-refractivity contribution is 6.31. The van der Waals surface area contributed by atoms with Crippen molar-refractivity contribution in [3.8, 4) is 5.75 Å². The Bertz CT molecular complexity index is 454. The lowest BCUT2D eigenvalue weighted by Crippen LogP contribution is -2.19. The standard InChI is InChI=1S/C13H13ClO3/c14-9-6-7-12(15)11(8-9)13(16)17-10-4-2-1-3-5-10/h1-2,6-8,10,15H,3-5H2. The second-order valence-corrected chi connectivity index (χ2v) is 4.41. The number of allylic oxidation sites excluding steroid dienone is 1. The molecule has 4 heteroatoms. The van der Waals surface area contributed by atoms with Crippen molar-refractivity contribution in [2.24, 2.45) is 0 Å². The molecule has 0 spiro atoms. The second kappa shape index (κ2) is 5.23. The largest absolute Gasteiger partial charge is 0.507 e. The van der Waals surface area contributed by atoms with Crippen LogP contribution in [-0.2, 0) is 4.74 Å². The molecule has 1 aliphatic carbocycles. The minimum Gasteiger partial charge on any atom is -0.507 e. The van der Waals surface area contributed by atoms with Gasteiger partial charge < -0.3 is 9.84 Å². The van der Waals surface area contributed by atoms with Gasteiger partial charge in [0.1, 0.15) is 17.4 Å². The summed E-state index contributed by atoms with van der Waals surface area (Å²) in [6.45, 7) is 0. The summed E-state index contributed by atoms with van der Waals surface area (Å²) in [6, 6.07) is 4.33. The van der Waals surface area contributed by atoms with E-state index in [1.165, 1.54) is 18.2 Å². The minimum absolute atomic E-state index is 0.106. The summed E-state index contributed by atoms with van der Waals surface area (Å²) in [4.78, 5) is 11.8. The Hall–Kier alpha value is -1.48. The summed E-state index contributed by atoms with van der Waals surface area (Å²) in [5.74, 6) is -0.629. The SMILES string of the molecule is O=C(OC1CC=CCC1)c1cc(Cl)ccc1O. The van der Waals surface area contributed by atoms with Crippen LogP contribution in [0.1, 0.15) is 29.6 Å². The third-order valence-corrected chi connectivity index (χ3v) is 2.91. The lowest BCUT2D eigenvalue weighted by Gasteiger charge is -2.18. The van der Waals surface area contributed by atoms with E-state index in [9.17, 15) is 9.90 Å². The van der Waals surface area contributed by atoms with Gasteiger partial charge in [0.2, 0.25) is 0 Å². The van der Waals surface area contributed by atoms with Crippen molar-refractivity contribution >= 4 is 17.6 Å². The molecule has 0 bridgehead atoms. The first-order valence-corrected chi connectivity index (χ1v) is 5.89. The molecule has 0 saturated carbocycles. The number of hydrogen-bond acceptors (Lipinski definition) is 3. The molecule has 2 rings (SSSR count). The van der Waals surface area contributed by atoms with Crippen LogP contribution in [0.3, 0.4) is 0 Å². The lowest BCUT2D eigenvalue weighted by molar-refractivity contribution is 0.0279. The maximum absolute atomic E-state index is 11.8. The third-order valence-electron chi connectivity index (χ3n) is 2.67. The lowest BCUT2D eigenvalue weighted by atomic mass is 10.0. The van der Waals surface area contributed by atoms with Gasteiger partial charge in [0.05, 0.1) is 0 Å². The highest BCUT2D eigenvalue weighted by atomic mass is 35.5. The van der Waals surface area contributed by atoms with Crippen LogP contribution in [-0.4, -0.2) is 17.2 Å². The number of rotatable bonds is 2. The molecule has 0 radical (unpaired) electrons. The van der Waals surface area contributed by atoms with Crippen molar-refractivity contribution in [1.82, 2.24) is 0 Å². The zero-order valence-electron chi connectivity index (χ0n) is 9.23. The van der Waals surface area contributed by atoms with Crippen LogP contribution in [0.5, 0.6) is 5.75 Å². The Labute approximate surface area is 105 Å². The van der Waals surface area contributed by atoms with Gasteiger partial charge in [0.15, 0.2) is 0 Å². The molecular weight excluding hydrogens is 240 g/mol. The predicted octanol–water partition coefficient (Wildman–Crippen LogP) is 3.31. The van der Waals surface area contributed by atoms with E-state index in [2.05, 4.69) is 6.08 Å². The zero-order valence-corrected chi connectivity index (χ0v) is 9.98. The Morgan fingerprint density at radius 2 is 2.24 bits per heavy atom. The third kappa shape index (κ3) is 3.01. The average Bonchev–Trinajstić information content (AvgIpc) is 2.33. The number of hydrogen-bond donors (Lipinski definition) is 1. The number of ether oxygens (including phenoxy) is 1. The van der Waals surface area contributed by atoms with E-state index in [1.807, 2.05) is 6.08 Å². The van der Waals surface area contributed by atoms with Crippen LogP contribution in [0.4, 0.5) is 0 Å². The fourth-order valence-corrected chi connectivity index (χ4v) is 1.93. The van der Waals surface area contributed by atoms with Crippen LogP contribution in [0.25, 0.3) is 0 Å². The number of carbonyl (C=O) groups is 1. The van der Waals surface area contributed by atoms with Gasteiger partial charge in [-0.15, -0.1) is 0 Å². The van der Waals surface area contributed by atoms with E-state index < -0.39 is 5.97 Å². The van der Waals surface area contributed by atoms with E-state index in [-0.39, 0.29) is 17.4 Å². The van der Waals surface area contributed by atoms with E-state index in [0.717, 1.165) is 19.3 Å². The monoisotopic (exact) mass is 252 g/mol. The molecular formula is C13H13ClO3. The van der Waals surface area contributed by atoms with E-state index >= 15 is 0 Å². The molecule has 0 fully saturated rings. The van der Waals surface area contributed by atoms with Crippen LogP contribution in [0.15, 0.2) is 30.4 Å². The number of esters is 1. The summed E-state index contributed by atoms with van der Waals surface area (Å²) in [7, 11) is 0. The minimum atomic E-state index is -0.523. The van der Waals surface area contributed by atoms with Crippen molar-refractivity contribution in [3.63, 3.8) is 0 Å². The van der Waals surface area contributed by atoms with Gasteiger partial charge in [-0.1, -0.05) is 23.8 Å². The van der Waals surface area contributed by atoms with E-state index in [0.29, 0.717) is 5.02 Å². The molecule has 0 aromatic heterocycles. The fraction of sp³-hybridized carbons (Fsp3) is 0.308. The average molecular weight is 253 g/mol. The van der Waals surface area contributed by atoms with Crippen LogP contribution in [0.2, 0.25) is 5.02 Å². The Morgan fingerprint density at radius 1 is 1.41 bits per heavy atom. The molecule has 1 atom stereocenters. The van der Waals surface area contributed by atoms with Crippen LogP contribution in [0, 0.1) is 0 Å². The Balaban J connectivity index is 2.08. The molecule has 3 nitrogen and oxygen atoms in total. The van der Waals surface area contributed by atoms with Gasteiger partial charge in [-0.25, -0.2) is 4.79 Å². The molecule has 1 N–H and O–H groups in total. The molecule has 0 aliphatic heterocycles. The Morgan fingerprint density at radius 3 is 2.94 bits per heavy atom. The predicted molar refractivity (Wildman–Crippen MR) is 65.3 cm³/mol. The number of aromatic hydroxyl groups is 1. The van der Waals surface area contributed by atoms with Crippen molar-refractivity contribution < 1.29 is 14.6 Å². The summed E-state index contributed by atoms with van der Waals surface area (Å²) in [5, 5.41) is 9.96. The molecule has 90 valence electrons. The maximum atomic E-state index is 11.8. The van der Waals surface area contributed by atoms with Gasteiger partial charge in [-0.2, -0.15) is 0 Å². The summed E-state index contributed by atoms with van der Waals surface area (Å²) < 4.78 is 5.30. The molecule has 0 saturated heterocycles. The van der Waals surface area contributed by atoms with Gasteiger partial charge in [0.25, 0.3) is 0 Å². The maximum Gasteiger partial charge on any atom is 0.342 e. The molecule has 0 heterocycles. The van der Waals surface area contributed by atoms with Crippen LogP contribution < -0.4 is 0 Å². The first-order valence-electron chi connectivity index (χ1n) is 5.51. The topological polar surface area (TPSA) is 46.5 Å². The summed E-state index contributed by atoms with van der Waals surface area (Å²) >= 11 is 5.77. The Kier molecular flexibility index (Phi) is 3.69. The highest BCUT2D eigenvalue weighted by Gasteiger charge is 2.19. The second-order valence-electron chi connectivity index (χ2n) is 3.97. The van der Waals surface area contributed by atoms with E-state index in [1.54, 1.807) is 0 Å². The quantitative estimate of drug-likeness (QED) is 0.649. The number of phenols is 1. The van der Waals surface area contributed by atoms with Gasteiger partial charge in [0, 0.05) is 11.4 Å². The van der Waals surface area contributed by atoms with Gasteiger partial charge >= 0.3 is 5.97 Å². The van der Waals surface area contributed by atoms with Crippen molar-refractivity contribution in [1.29, 1.82) is 0 Å². The van der Waals surface area contributed by atoms with Crippen LogP contribution >= 0.6 is 11.6 Å². The molecule has 1 aliphatic rings. The molecule has 1 unspecified atom stereocenters. The number of halogens is 1. The number of carbonyl (C=O) groups excluding carboxylic acids is 1. The van der Waals surface area contributed by atoms with Crippen molar-refractivity contribution in [2.75, 3.05) is 0 Å². The highest BCUT2D eigenvalue weighted by Crippen LogP contribution is 2.24. The van der Waals surface area contributed by atoms with Crippen molar-refractivity contribution in [3.05, 3.63) is 40.9 Å². The number of phenolic OH excluding ortho intramolecular Hbond substituents is 1. The molecule has 1 aromatic carbocycles. The van der Waals surface area contributed by atoms with Gasteiger partial charge in [-0.05, 0) is 31.0 Å². The van der Waals surface area contributed by atoms with Gasteiger partial charge in [-0.3, -0.25) is 0 Å². The molecule has 0 amide bonds. The molecule has 1 aromatic rings. The van der Waals surface area contributed by atoms with Crippen molar-refractivity contribution in [2.45, 2.75) is 25.4 Å². The summed E-state index contributed by atoms with van der Waals surface area (Å²) in [5.41, 5.74) is 0.118. The molecule has 17 heavy (non-hydrogen) atoms. The normalized spacial score (nSPS) is 19.0.